The van der Waals surface area contributed by atoms with Gasteiger partial charge in [-0.25, -0.2) is 0 Å². The van der Waals surface area contributed by atoms with Crippen LogP contribution in [0, 0.1) is 13.8 Å². The summed E-state index contributed by atoms with van der Waals surface area (Å²) in [5, 5.41) is 0. The fourth-order valence-corrected chi connectivity index (χ4v) is 3.71. The highest BCUT2D eigenvalue weighted by atomic mass is 14.4. The van der Waals surface area contributed by atoms with Crippen LogP contribution in [0.5, 0.6) is 0 Å². The summed E-state index contributed by atoms with van der Waals surface area (Å²) in [5.74, 6) is 0. The van der Waals surface area contributed by atoms with Crippen molar-refractivity contribution in [2.45, 2.75) is 59.3 Å². The lowest BCUT2D eigenvalue weighted by Gasteiger charge is -2.26. The Morgan fingerprint density at radius 2 is 1.43 bits per heavy atom. The van der Waals surface area contributed by atoms with Gasteiger partial charge in [0.2, 0.25) is 0 Å². The van der Waals surface area contributed by atoms with Gasteiger partial charge in [0, 0.05) is 5.41 Å². The van der Waals surface area contributed by atoms with Crippen LogP contribution < -0.4 is 0 Å². The van der Waals surface area contributed by atoms with E-state index in [1.54, 1.807) is 0 Å². The molecular weight excluding hydrogens is 252 g/mol. The van der Waals surface area contributed by atoms with Crippen molar-refractivity contribution in [2.75, 3.05) is 0 Å². The standard InChI is InChI=1S/C21H26/c1-13-9-8-10-16-18(13)19-14(2)11-15(20(3,4)5)12-17(19)21(16,6)7/h8-12H,1-7H3. The minimum absolute atomic E-state index is 0.0999. The minimum Gasteiger partial charge on any atom is -0.0617 e. The second kappa shape index (κ2) is 4.22. The zero-order chi connectivity index (χ0) is 15.6. The molecule has 3 rings (SSSR count). The highest BCUT2D eigenvalue weighted by molar-refractivity contribution is 5.85. The van der Waals surface area contributed by atoms with Crippen LogP contribution in [0.4, 0.5) is 0 Å². The summed E-state index contributed by atoms with van der Waals surface area (Å²) in [4.78, 5) is 0. The van der Waals surface area contributed by atoms with Crippen molar-refractivity contribution in [3.8, 4) is 11.1 Å². The molecule has 0 saturated heterocycles. The molecule has 0 heteroatoms. The molecule has 0 spiro atoms. The Hall–Kier alpha value is -1.56. The van der Waals surface area contributed by atoms with Crippen LogP contribution in [-0.2, 0) is 10.8 Å². The molecule has 1 aliphatic rings. The lowest BCUT2D eigenvalue weighted by molar-refractivity contribution is 0.584. The zero-order valence-electron chi connectivity index (χ0n) is 14.4. The summed E-state index contributed by atoms with van der Waals surface area (Å²) < 4.78 is 0. The largest absolute Gasteiger partial charge is 0.0617 e. The van der Waals surface area contributed by atoms with Crippen molar-refractivity contribution in [3.05, 3.63) is 58.1 Å². The monoisotopic (exact) mass is 278 g/mol. The molecule has 0 fully saturated rings. The predicted octanol–water partition coefficient (Wildman–Crippen LogP) is 5.91. The van der Waals surface area contributed by atoms with Crippen molar-refractivity contribution in [2.24, 2.45) is 0 Å². The van der Waals surface area contributed by atoms with Crippen LogP contribution in [0.25, 0.3) is 11.1 Å². The average Bonchev–Trinajstić information content (AvgIpc) is 2.59. The van der Waals surface area contributed by atoms with E-state index in [9.17, 15) is 0 Å². The molecule has 21 heavy (non-hydrogen) atoms. The summed E-state index contributed by atoms with van der Waals surface area (Å²) in [5.41, 5.74) is 10.5. The number of aryl methyl sites for hydroxylation is 2. The molecule has 110 valence electrons. The van der Waals surface area contributed by atoms with Gasteiger partial charge in [-0.1, -0.05) is 65.0 Å². The second-order valence-electron chi connectivity index (χ2n) is 8.09. The number of hydrogen-bond donors (Lipinski definition) is 0. The first-order valence-corrected chi connectivity index (χ1v) is 7.90. The first-order valence-electron chi connectivity index (χ1n) is 7.90. The van der Waals surface area contributed by atoms with Crippen molar-refractivity contribution < 1.29 is 0 Å². The summed E-state index contributed by atoms with van der Waals surface area (Å²) >= 11 is 0. The first kappa shape index (κ1) is 14.4. The molecule has 0 atom stereocenters. The van der Waals surface area contributed by atoms with Gasteiger partial charge >= 0.3 is 0 Å². The van der Waals surface area contributed by atoms with Crippen molar-refractivity contribution >= 4 is 0 Å². The molecule has 0 radical (unpaired) electrons. The van der Waals surface area contributed by atoms with E-state index in [1.807, 2.05) is 0 Å². The lowest BCUT2D eigenvalue weighted by atomic mass is 9.78. The van der Waals surface area contributed by atoms with E-state index in [0.717, 1.165) is 0 Å². The number of hydrogen-bond acceptors (Lipinski definition) is 0. The van der Waals surface area contributed by atoms with Gasteiger partial charge in [-0.2, -0.15) is 0 Å². The first-order chi connectivity index (χ1) is 9.64. The van der Waals surface area contributed by atoms with E-state index < -0.39 is 0 Å². The quantitative estimate of drug-likeness (QED) is 0.562. The highest BCUT2D eigenvalue weighted by Crippen LogP contribution is 2.52. The van der Waals surface area contributed by atoms with Gasteiger partial charge in [0.25, 0.3) is 0 Å². The normalized spacial score (nSPS) is 15.8. The van der Waals surface area contributed by atoms with Gasteiger partial charge in [-0.3, -0.25) is 0 Å². The molecule has 2 aromatic rings. The Bertz CT molecular complexity index is 724. The van der Waals surface area contributed by atoms with E-state index in [1.165, 1.54) is 38.9 Å². The van der Waals surface area contributed by atoms with Crippen LogP contribution in [0.2, 0.25) is 0 Å². The van der Waals surface area contributed by atoms with Crippen LogP contribution in [0.15, 0.2) is 30.3 Å². The molecule has 0 N–H and O–H groups in total. The molecule has 1 aliphatic carbocycles. The van der Waals surface area contributed by atoms with Crippen LogP contribution in [-0.4, -0.2) is 0 Å². The maximum atomic E-state index is 2.45. The number of fused-ring (bicyclic) bond motifs is 3. The van der Waals surface area contributed by atoms with E-state index in [-0.39, 0.29) is 10.8 Å². The second-order valence-corrected chi connectivity index (χ2v) is 8.09. The Labute approximate surface area is 129 Å². The fourth-order valence-electron chi connectivity index (χ4n) is 3.71. The summed E-state index contributed by atoms with van der Waals surface area (Å²) in [6, 6.07) is 11.6. The molecule has 0 bridgehead atoms. The highest BCUT2D eigenvalue weighted by Gasteiger charge is 2.37. The molecular formula is C21H26. The maximum Gasteiger partial charge on any atom is 0.0159 e. The third-order valence-electron chi connectivity index (χ3n) is 5.07. The molecule has 2 aromatic carbocycles. The van der Waals surface area contributed by atoms with E-state index in [0.29, 0.717) is 0 Å². The topological polar surface area (TPSA) is 0 Å². The lowest BCUT2D eigenvalue weighted by Crippen LogP contribution is -2.18. The Balaban J connectivity index is 2.39. The van der Waals surface area contributed by atoms with Crippen molar-refractivity contribution in [3.63, 3.8) is 0 Å². The Morgan fingerprint density at radius 1 is 0.810 bits per heavy atom. The zero-order valence-corrected chi connectivity index (χ0v) is 14.4. The molecule has 0 unspecified atom stereocenters. The molecule has 0 aromatic heterocycles. The van der Waals surface area contributed by atoms with Crippen LogP contribution in [0.3, 0.4) is 0 Å². The van der Waals surface area contributed by atoms with Crippen LogP contribution in [0.1, 0.15) is 62.4 Å². The third-order valence-corrected chi connectivity index (χ3v) is 5.07. The number of rotatable bonds is 0. The van der Waals surface area contributed by atoms with Gasteiger partial charge in [0.05, 0.1) is 0 Å². The number of benzene rings is 2. The SMILES string of the molecule is Cc1cccc2c1-c1c(C)cc(C(C)(C)C)cc1C2(C)C. The Kier molecular flexibility index (Phi) is 2.89. The summed E-state index contributed by atoms with van der Waals surface area (Å²) in [7, 11) is 0. The van der Waals surface area contributed by atoms with Gasteiger partial charge in [0.15, 0.2) is 0 Å². The maximum absolute atomic E-state index is 2.45. The van der Waals surface area contributed by atoms with E-state index in [4.69, 9.17) is 0 Å². The van der Waals surface area contributed by atoms with E-state index in [2.05, 4.69) is 78.8 Å². The van der Waals surface area contributed by atoms with Crippen molar-refractivity contribution in [1.82, 2.24) is 0 Å². The smallest absolute Gasteiger partial charge is 0.0159 e. The summed E-state index contributed by atoms with van der Waals surface area (Å²) in [6.07, 6.45) is 0. The molecule has 0 heterocycles. The van der Waals surface area contributed by atoms with Crippen LogP contribution >= 0.6 is 0 Å². The molecule has 0 amide bonds. The molecule has 0 nitrogen and oxygen atoms in total. The van der Waals surface area contributed by atoms with Gasteiger partial charge in [-0.15, -0.1) is 0 Å². The molecule has 0 saturated carbocycles. The van der Waals surface area contributed by atoms with Gasteiger partial charge < -0.3 is 0 Å². The molecule has 0 aliphatic heterocycles. The van der Waals surface area contributed by atoms with Gasteiger partial charge in [0.1, 0.15) is 0 Å². The summed E-state index contributed by atoms with van der Waals surface area (Å²) in [6.45, 7) is 16.1. The predicted molar refractivity (Wildman–Crippen MR) is 92.2 cm³/mol. The van der Waals surface area contributed by atoms with E-state index >= 15 is 0 Å². The van der Waals surface area contributed by atoms with Gasteiger partial charge in [-0.05, 0) is 58.2 Å². The van der Waals surface area contributed by atoms with Crippen molar-refractivity contribution in [1.29, 1.82) is 0 Å². The fraction of sp³-hybridized carbons (Fsp3) is 0.429. The third kappa shape index (κ3) is 1.96. The minimum atomic E-state index is 0.0999. The average molecular weight is 278 g/mol. The Morgan fingerprint density at radius 3 is 2.05 bits per heavy atom.